The highest BCUT2D eigenvalue weighted by Crippen LogP contribution is 2.20. The van der Waals surface area contributed by atoms with Gasteiger partial charge >= 0.3 is 0 Å². The normalized spacial score (nSPS) is 18.0. The minimum atomic E-state index is -3.11. The van der Waals surface area contributed by atoms with Crippen LogP contribution in [-0.2, 0) is 10.0 Å². The lowest BCUT2D eigenvalue weighted by molar-refractivity contribution is 0.312. The molecule has 0 saturated carbocycles. The van der Waals surface area contributed by atoms with Gasteiger partial charge < -0.3 is 4.90 Å². The zero-order valence-electron chi connectivity index (χ0n) is 11.6. The molecule has 0 radical (unpaired) electrons. The van der Waals surface area contributed by atoms with Crippen molar-refractivity contribution >= 4 is 16.0 Å². The Morgan fingerprint density at radius 3 is 2.26 bits per heavy atom. The summed E-state index contributed by atoms with van der Waals surface area (Å²) >= 11 is 0. The number of aromatic nitrogens is 2. The molecule has 1 saturated heterocycles. The van der Waals surface area contributed by atoms with Crippen molar-refractivity contribution in [2.75, 3.05) is 31.3 Å². The van der Waals surface area contributed by atoms with Crippen LogP contribution in [0.4, 0.5) is 5.95 Å². The Hall–Kier alpha value is -1.21. The molecule has 2 rings (SSSR count). The van der Waals surface area contributed by atoms with E-state index >= 15 is 0 Å². The minimum Gasteiger partial charge on any atom is -0.341 e. The van der Waals surface area contributed by atoms with Crippen LogP contribution in [0.25, 0.3) is 0 Å². The van der Waals surface area contributed by atoms with E-state index in [1.165, 1.54) is 10.6 Å². The van der Waals surface area contributed by atoms with Gasteiger partial charge in [0, 0.05) is 38.6 Å². The van der Waals surface area contributed by atoms with Crippen LogP contribution in [0.2, 0.25) is 0 Å². The largest absolute Gasteiger partial charge is 0.341 e. The van der Waals surface area contributed by atoms with E-state index in [0.29, 0.717) is 0 Å². The molecule has 1 aliphatic heterocycles. The third-order valence-corrected chi connectivity index (χ3v) is 4.90. The molecule has 0 unspecified atom stereocenters. The van der Waals surface area contributed by atoms with E-state index in [-0.39, 0.29) is 6.04 Å². The zero-order chi connectivity index (χ0) is 14.0. The summed E-state index contributed by atoms with van der Waals surface area (Å²) < 4.78 is 24.5. The Kier molecular flexibility index (Phi) is 4.05. The second kappa shape index (κ2) is 5.42. The fourth-order valence-electron chi connectivity index (χ4n) is 2.25. The molecule has 0 atom stereocenters. The van der Waals surface area contributed by atoms with Crippen LogP contribution in [0.15, 0.2) is 12.4 Å². The van der Waals surface area contributed by atoms with Crippen molar-refractivity contribution < 1.29 is 8.42 Å². The zero-order valence-corrected chi connectivity index (χ0v) is 12.4. The first kappa shape index (κ1) is 14.2. The van der Waals surface area contributed by atoms with Crippen molar-refractivity contribution in [2.24, 2.45) is 0 Å². The molecule has 1 aromatic rings. The summed E-state index contributed by atoms with van der Waals surface area (Å²) in [5.74, 6) is 0.728. The van der Waals surface area contributed by atoms with Crippen LogP contribution in [0.1, 0.15) is 18.4 Å². The van der Waals surface area contributed by atoms with Crippen LogP contribution >= 0.6 is 0 Å². The maximum absolute atomic E-state index is 11.5. The Morgan fingerprint density at radius 1 is 1.26 bits per heavy atom. The lowest BCUT2D eigenvalue weighted by Crippen LogP contribution is -2.45. The molecule has 0 aliphatic carbocycles. The van der Waals surface area contributed by atoms with Gasteiger partial charge in [0.05, 0.1) is 6.26 Å². The van der Waals surface area contributed by atoms with Crippen LogP contribution in [0, 0.1) is 6.92 Å². The quantitative estimate of drug-likeness (QED) is 0.815. The molecule has 2 heterocycles. The number of sulfonamides is 1. The second-order valence-electron chi connectivity index (χ2n) is 5.06. The van der Waals surface area contributed by atoms with E-state index in [4.69, 9.17) is 0 Å². The molecule has 7 heteroatoms. The highest BCUT2D eigenvalue weighted by atomic mass is 32.2. The molecule has 19 heavy (non-hydrogen) atoms. The van der Waals surface area contributed by atoms with E-state index in [0.717, 1.165) is 37.4 Å². The SMILES string of the molecule is Cc1cnc(N2CCC(N(C)S(C)(=O)=O)CC2)nc1. The average Bonchev–Trinajstić information content (AvgIpc) is 2.38. The molecule has 0 bridgehead atoms. The van der Waals surface area contributed by atoms with Crippen LogP contribution in [0.3, 0.4) is 0 Å². The predicted molar refractivity (Wildman–Crippen MR) is 74.6 cm³/mol. The molecule has 0 aromatic carbocycles. The van der Waals surface area contributed by atoms with Gasteiger partial charge in [0.2, 0.25) is 16.0 Å². The van der Waals surface area contributed by atoms with Crippen LogP contribution in [0.5, 0.6) is 0 Å². The van der Waals surface area contributed by atoms with E-state index in [1.807, 2.05) is 6.92 Å². The maximum atomic E-state index is 11.5. The standard InChI is InChI=1S/C12H20N4O2S/c1-10-8-13-12(14-9-10)16-6-4-11(5-7-16)15(2)19(3,17)18/h8-9,11H,4-7H2,1-3H3. The summed E-state index contributed by atoms with van der Waals surface area (Å²) in [4.78, 5) is 10.7. The van der Waals surface area contributed by atoms with Crippen molar-refractivity contribution in [1.82, 2.24) is 14.3 Å². The van der Waals surface area contributed by atoms with Gasteiger partial charge in [-0.2, -0.15) is 0 Å². The smallest absolute Gasteiger partial charge is 0.225 e. The third kappa shape index (κ3) is 3.42. The number of anilines is 1. The first-order chi connectivity index (χ1) is 8.88. The Labute approximate surface area is 114 Å². The summed E-state index contributed by atoms with van der Waals surface area (Å²) in [7, 11) is -1.46. The predicted octanol–water partition coefficient (Wildman–Crippen LogP) is 0.645. The van der Waals surface area contributed by atoms with Crippen molar-refractivity contribution in [2.45, 2.75) is 25.8 Å². The summed E-state index contributed by atoms with van der Waals surface area (Å²) in [5.41, 5.74) is 1.04. The lowest BCUT2D eigenvalue weighted by atomic mass is 10.1. The highest BCUT2D eigenvalue weighted by molar-refractivity contribution is 7.88. The Balaban J connectivity index is 1.98. The van der Waals surface area contributed by atoms with Gasteiger partial charge in [0.1, 0.15) is 0 Å². The number of nitrogens with zero attached hydrogens (tertiary/aromatic N) is 4. The van der Waals surface area contributed by atoms with Gasteiger partial charge in [-0.05, 0) is 25.3 Å². The van der Waals surface area contributed by atoms with Crippen molar-refractivity contribution in [3.05, 3.63) is 18.0 Å². The summed E-state index contributed by atoms with van der Waals surface area (Å²) in [6.07, 6.45) is 6.47. The van der Waals surface area contributed by atoms with Gasteiger partial charge in [-0.25, -0.2) is 22.7 Å². The second-order valence-corrected chi connectivity index (χ2v) is 7.10. The molecule has 0 spiro atoms. The van der Waals surface area contributed by atoms with E-state index < -0.39 is 10.0 Å². The average molecular weight is 284 g/mol. The lowest BCUT2D eigenvalue weighted by Gasteiger charge is -2.35. The number of aryl methyl sites for hydroxylation is 1. The first-order valence-electron chi connectivity index (χ1n) is 6.34. The van der Waals surface area contributed by atoms with Crippen molar-refractivity contribution in [3.63, 3.8) is 0 Å². The van der Waals surface area contributed by atoms with E-state index in [2.05, 4.69) is 14.9 Å². The fraction of sp³-hybridized carbons (Fsp3) is 0.667. The van der Waals surface area contributed by atoms with Gasteiger partial charge in [0.15, 0.2) is 0 Å². The number of hydrogen-bond acceptors (Lipinski definition) is 5. The minimum absolute atomic E-state index is 0.0803. The highest BCUT2D eigenvalue weighted by Gasteiger charge is 2.27. The number of hydrogen-bond donors (Lipinski definition) is 0. The summed E-state index contributed by atoms with van der Waals surface area (Å²) in [6.45, 7) is 3.53. The first-order valence-corrected chi connectivity index (χ1v) is 8.19. The van der Waals surface area contributed by atoms with E-state index in [9.17, 15) is 8.42 Å². The number of piperidine rings is 1. The molecule has 106 valence electrons. The third-order valence-electron chi connectivity index (χ3n) is 3.55. The molecule has 6 nitrogen and oxygen atoms in total. The van der Waals surface area contributed by atoms with Gasteiger partial charge in [0.25, 0.3) is 0 Å². The Bertz CT molecular complexity index is 521. The maximum Gasteiger partial charge on any atom is 0.225 e. The Morgan fingerprint density at radius 2 is 1.79 bits per heavy atom. The van der Waals surface area contributed by atoms with Gasteiger partial charge in [-0.3, -0.25) is 0 Å². The van der Waals surface area contributed by atoms with Crippen molar-refractivity contribution in [3.8, 4) is 0 Å². The van der Waals surface area contributed by atoms with Gasteiger partial charge in [-0.1, -0.05) is 0 Å². The van der Waals surface area contributed by atoms with Crippen LogP contribution < -0.4 is 4.90 Å². The molecular weight excluding hydrogens is 264 g/mol. The van der Waals surface area contributed by atoms with Crippen molar-refractivity contribution in [1.29, 1.82) is 0 Å². The summed E-state index contributed by atoms with van der Waals surface area (Å²) in [6, 6.07) is 0.0803. The van der Waals surface area contributed by atoms with E-state index in [1.54, 1.807) is 19.4 Å². The van der Waals surface area contributed by atoms with Gasteiger partial charge in [-0.15, -0.1) is 0 Å². The monoisotopic (exact) mass is 284 g/mol. The van der Waals surface area contributed by atoms with Crippen LogP contribution in [-0.4, -0.2) is 55.1 Å². The molecule has 1 fully saturated rings. The molecular formula is C12H20N4O2S. The molecule has 1 aliphatic rings. The summed E-state index contributed by atoms with van der Waals surface area (Å²) in [5, 5.41) is 0. The number of rotatable bonds is 3. The molecule has 1 aromatic heterocycles. The topological polar surface area (TPSA) is 66.4 Å². The molecule has 0 amide bonds. The molecule has 0 N–H and O–H groups in total. The fourth-order valence-corrected chi connectivity index (χ4v) is 3.00.